The van der Waals surface area contributed by atoms with E-state index in [1.54, 1.807) is 13.2 Å². The molecule has 5 nitrogen and oxygen atoms in total. The number of pyridine rings is 1. The molecule has 0 bridgehead atoms. The van der Waals surface area contributed by atoms with Crippen molar-refractivity contribution in [2.75, 3.05) is 7.11 Å². The lowest BCUT2D eigenvalue weighted by Crippen LogP contribution is -2.13. The van der Waals surface area contributed by atoms with E-state index in [0.29, 0.717) is 18.0 Å². The van der Waals surface area contributed by atoms with Crippen molar-refractivity contribution < 1.29 is 9.53 Å². The number of benzene rings is 1. The average molecular weight is 349 g/mol. The van der Waals surface area contributed by atoms with Gasteiger partial charge in [-0.1, -0.05) is 18.9 Å². The molecule has 1 fully saturated rings. The zero-order chi connectivity index (χ0) is 18.1. The fourth-order valence-electron chi connectivity index (χ4n) is 4.03. The van der Waals surface area contributed by atoms with E-state index in [2.05, 4.69) is 16.0 Å². The largest absolute Gasteiger partial charge is 0.497 e. The minimum Gasteiger partial charge on any atom is -0.497 e. The minimum absolute atomic E-state index is 0.312. The molecule has 1 amide bonds. The predicted octanol–water partition coefficient (Wildman–Crippen LogP) is 3.92. The molecular formula is C21H23N3O2. The molecule has 134 valence electrons. The summed E-state index contributed by atoms with van der Waals surface area (Å²) in [5.41, 5.74) is 10.2. The van der Waals surface area contributed by atoms with Gasteiger partial charge in [0.25, 0.3) is 5.91 Å². The highest BCUT2D eigenvalue weighted by Crippen LogP contribution is 2.39. The number of carbonyl (C=O) groups is 1. The van der Waals surface area contributed by atoms with Crippen LogP contribution in [-0.4, -0.2) is 23.0 Å². The number of nitrogens with two attached hydrogens (primary N) is 1. The number of hydrogen-bond donors (Lipinski definition) is 2. The highest BCUT2D eigenvalue weighted by Gasteiger charge is 2.24. The molecular weight excluding hydrogens is 326 g/mol. The SMILES string of the molecule is COc1ccc2c(Cc3cccc(C(N)=O)n3)c(C3CCCC3)[nH]c2c1. The summed E-state index contributed by atoms with van der Waals surface area (Å²) in [7, 11) is 1.68. The molecule has 2 aromatic heterocycles. The molecule has 0 aliphatic heterocycles. The molecule has 1 saturated carbocycles. The number of aromatic nitrogens is 2. The van der Waals surface area contributed by atoms with E-state index in [4.69, 9.17) is 10.5 Å². The fraction of sp³-hybridized carbons (Fsp3) is 0.333. The van der Waals surface area contributed by atoms with Crippen molar-refractivity contribution >= 4 is 16.8 Å². The summed E-state index contributed by atoms with van der Waals surface area (Å²) in [6.45, 7) is 0. The zero-order valence-corrected chi connectivity index (χ0v) is 14.9. The number of primary amides is 1. The van der Waals surface area contributed by atoms with Crippen LogP contribution in [0, 0.1) is 0 Å². The third-order valence-electron chi connectivity index (χ3n) is 5.33. The molecule has 1 aliphatic carbocycles. The first-order valence-corrected chi connectivity index (χ1v) is 9.10. The second-order valence-corrected chi connectivity index (χ2v) is 6.97. The van der Waals surface area contributed by atoms with Crippen molar-refractivity contribution in [3.8, 4) is 5.75 Å². The number of rotatable bonds is 5. The van der Waals surface area contributed by atoms with Crippen LogP contribution in [0.2, 0.25) is 0 Å². The first-order valence-electron chi connectivity index (χ1n) is 9.10. The Morgan fingerprint density at radius 2 is 2.08 bits per heavy atom. The second-order valence-electron chi connectivity index (χ2n) is 6.97. The van der Waals surface area contributed by atoms with Gasteiger partial charge in [-0.05, 0) is 48.6 Å². The van der Waals surface area contributed by atoms with Crippen LogP contribution in [0.15, 0.2) is 36.4 Å². The molecule has 0 saturated heterocycles. The van der Waals surface area contributed by atoms with Gasteiger partial charge in [-0.2, -0.15) is 0 Å². The summed E-state index contributed by atoms with van der Waals surface area (Å²) >= 11 is 0. The van der Waals surface area contributed by atoms with Crippen molar-refractivity contribution in [2.24, 2.45) is 5.73 Å². The molecule has 1 aromatic carbocycles. The maximum atomic E-state index is 11.5. The molecule has 3 aromatic rings. The number of aromatic amines is 1. The van der Waals surface area contributed by atoms with Crippen LogP contribution in [0.3, 0.4) is 0 Å². The molecule has 3 N–H and O–H groups in total. The van der Waals surface area contributed by atoms with Crippen LogP contribution in [0.4, 0.5) is 0 Å². The summed E-state index contributed by atoms with van der Waals surface area (Å²) in [4.78, 5) is 19.5. The molecule has 0 atom stereocenters. The van der Waals surface area contributed by atoms with Crippen LogP contribution < -0.4 is 10.5 Å². The zero-order valence-electron chi connectivity index (χ0n) is 14.9. The third kappa shape index (κ3) is 3.05. The van der Waals surface area contributed by atoms with E-state index in [1.807, 2.05) is 24.3 Å². The van der Waals surface area contributed by atoms with Crippen LogP contribution in [0.1, 0.15) is 59.0 Å². The third-order valence-corrected chi connectivity index (χ3v) is 5.33. The molecule has 26 heavy (non-hydrogen) atoms. The Kier molecular flexibility index (Phi) is 4.37. The van der Waals surface area contributed by atoms with Crippen molar-refractivity contribution in [2.45, 2.75) is 38.0 Å². The first-order chi connectivity index (χ1) is 12.7. The van der Waals surface area contributed by atoms with Crippen molar-refractivity contribution in [3.05, 3.63) is 59.0 Å². The molecule has 0 radical (unpaired) electrons. The summed E-state index contributed by atoms with van der Waals surface area (Å²) in [5, 5.41) is 1.19. The van der Waals surface area contributed by atoms with E-state index in [1.165, 1.54) is 42.3 Å². The molecule has 0 unspecified atom stereocenters. The molecule has 0 spiro atoms. The first kappa shape index (κ1) is 16.6. The lowest BCUT2D eigenvalue weighted by Gasteiger charge is -2.11. The quantitative estimate of drug-likeness (QED) is 0.732. The predicted molar refractivity (Wildman–Crippen MR) is 102 cm³/mol. The monoisotopic (exact) mass is 349 g/mol. The number of H-pyrrole nitrogens is 1. The van der Waals surface area contributed by atoms with Crippen LogP contribution >= 0.6 is 0 Å². The standard InChI is InChI=1S/C21H23N3O2/c1-26-15-9-10-16-17(11-14-7-4-8-18(23-14)21(22)25)20(24-19(16)12-15)13-5-2-3-6-13/h4,7-10,12-13,24H,2-3,5-6,11H2,1H3,(H2,22,25). The number of ether oxygens (including phenoxy) is 1. The van der Waals surface area contributed by atoms with E-state index >= 15 is 0 Å². The van der Waals surface area contributed by atoms with E-state index < -0.39 is 5.91 Å². The Balaban J connectivity index is 1.80. The van der Waals surface area contributed by atoms with Crippen LogP contribution in [0.5, 0.6) is 5.75 Å². The van der Waals surface area contributed by atoms with Gasteiger partial charge in [-0.3, -0.25) is 4.79 Å². The van der Waals surface area contributed by atoms with Crippen molar-refractivity contribution in [1.29, 1.82) is 0 Å². The Hall–Kier alpha value is -2.82. The Labute approximate surface area is 152 Å². The Bertz CT molecular complexity index is 955. The number of amides is 1. The van der Waals surface area contributed by atoms with Gasteiger partial charge in [0, 0.05) is 34.8 Å². The van der Waals surface area contributed by atoms with Crippen LogP contribution in [0.25, 0.3) is 10.9 Å². The highest BCUT2D eigenvalue weighted by molar-refractivity contribution is 5.90. The van der Waals surface area contributed by atoms with E-state index in [9.17, 15) is 4.79 Å². The fourth-order valence-corrected chi connectivity index (χ4v) is 4.03. The number of nitrogens with one attached hydrogen (secondary N) is 1. The number of methoxy groups -OCH3 is 1. The lowest BCUT2D eigenvalue weighted by atomic mass is 9.96. The van der Waals surface area contributed by atoms with E-state index in [0.717, 1.165) is 17.0 Å². The summed E-state index contributed by atoms with van der Waals surface area (Å²) in [6, 6.07) is 11.6. The van der Waals surface area contributed by atoms with Crippen LogP contribution in [-0.2, 0) is 6.42 Å². The molecule has 5 heteroatoms. The van der Waals surface area contributed by atoms with Gasteiger partial charge in [0.05, 0.1) is 7.11 Å². The molecule has 4 rings (SSSR count). The maximum absolute atomic E-state index is 11.5. The molecule has 2 heterocycles. The number of nitrogens with zero attached hydrogens (tertiary/aromatic N) is 1. The van der Waals surface area contributed by atoms with Gasteiger partial charge in [-0.25, -0.2) is 4.98 Å². The number of hydrogen-bond acceptors (Lipinski definition) is 3. The summed E-state index contributed by atoms with van der Waals surface area (Å²) in [5.74, 6) is 0.909. The van der Waals surface area contributed by atoms with E-state index in [-0.39, 0.29) is 0 Å². The number of carbonyl (C=O) groups excluding carboxylic acids is 1. The summed E-state index contributed by atoms with van der Waals surface area (Å²) in [6.07, 6.45) is 5.66. The van der Waals surface area contributed by atoms with Crippen molar-refractivity contribution in [1.82, 2.24) is 9.97 Å². The maximum Gasteiger partial charge on any atom is 0.267 e. The normalized spacial score (nSPS) is 14.8. The van der Waals surface area contributed by atoms with Crippen molar-refractivity contribution in [3.63, 3.8) is 0 Å². The lowest BCUT2D eigenvalue weighted by molar-refractivity contribution is 0.0995. The average Bonchev–Trinajstić information content (AvgIpc) is 3.29. The highest BCUT2D eigenvalue weighted by atomic mass is 16.5. The minimum atomic E-state index is -0.494. The van der Waals surface area contributed by atoms with Gasteiger partial charge in [0.1, 0.15) is 11.4 Å². The van der Waals surface area contributed by atoms with Gasteiger partial charge in [0.2, 0.25) is 0 Å². The Morgan fingerprint density at radius 1 is 1.27 bits per heavy atom. The second kappa shape index (κ2) is 6.83. The number of fused-ring (bicyclic) bond motifs is 1. The van der Waals surface area contributed by atoms with Gasteiger partial charge < -0.3 is 15.5 Å². The van der Waals surface area contributed by atoms with Gasteiger partial charge >= 0.3 is 0 Å². The van der Waals surface area contributed by atoms with Gasteiger partial charge in [-0.15, -0.1) is 0 Å². The van der Waals surface area contributed by atoms with Gasteiger partial charge in [0.15, 0.2) is 0 Å². The summed E-state index contributed by atoms with van der Waals surface area (Å²) < 4.78 is 5.37. The Morgan fingerprint density at radius 3 is 2.81 bits per heavy atom. The smallest absolute Gasteiger partial charge is 0.267 e. The topological polar surface area (TPSA) is 81.0 Å². The molecule has 1 aliphatic rings.